The normalized spacial score (nSPS) is 10.3. The zero-order valence-corrected chi connectivity index (χ0v) is 12.5. The number of rotatable bonds is 6. The van der Waals surface area contributed by atoms with E-state index in [9.17, 15) is 4.79 Å². The van der Waals surface area contributed by atoms with Gasteiger partial charge in [0.2, 0.25) is 0 Å². The third-order valence-electron chi connectivity index (χ3n) is 2.56. The quantitative estimate of drug-likeness (QED) is 0.863. The second-order valence-corrected chi connectivity index (χ2v) is 5.25. The largest absolute Gasteiger partial charge is 0.480 e. The van der Waals surface area contributed by atoms with Gasteiger partial charge in [-0.1, -0.05) is 0 Å². The van der Waals surface area contributed by atoms with Gasteiger partial charge in [-0.2, -0.15) is 5.26 Å². The Hall–Kier alpha value is -1.58. The lowest BCUT2D eigenvalue weighted by Gasteiger charge is -2.25. The molecule has 0 saturated carbocycles. The minimum absolute atomic E-state index is 0.0711. The Kier molecular flexibility index (Phi) is 5.80. The average molecular weight is 326 g/mol. The zero-order chi connectivity index (χ0) is 14.4. The van der Waals surface area contributed by atoms with Crippen molar-refractivity contribution in [1.82, 2.24) is 4.90 Å². The first-order valence-corrected chi connectivity index (χ1v) is 6.54. The maximum absolute atomic E-state index is 10.9. The number of hydrogen-bond donors (Lipinski definition) is 1. The fourth-order valence-corrected chi connectivity index (χ4v) is 2.23. The van der Waals surface area contributed by atoms with E-state index < -0.39 is 5.97 Å². The summed E-state index contributed by atoms with van der Waals surface area (Å²) in [6, 6.07) is 7.20. The molecule has 0 fully saturated rings. The fourth-order valence-electron chi connectivity index (χ4n) is 1.60. The summed E-state index contributed by atoms with van der Waals surface area (Å²) in [5, 5.41) is 17.8. The number of carboxylic acid groups (broad SMARTS) is 1. The second kappa shape index (κ2) is 7.12. The van der Waals surface area contributed by atoms with Crippen molar-refractivity contribution in [3.63, 3.8) is 0 Å². The maximum atomic E-state index is 10.9. The van der Waals surface area contributed by atoms with Gasteiger partial charge < -0.3 is 14.9 Å². The molecule has 0 atom stereocenters. The summed E-state index contributed by atoms with van der Waals surface area (Å²) in [6.07, 6.45) is 0. The van der Waals surface area contributed by atoms with Gasteiger partial charge in [0.1, 0.15) is 6.54 Å². The monoisotopic (exact) mass is 325 g/mol. The number of likely N-dealkylation sites (N-methyl/N-ethyl adjacent to an activating group) is 1. The van der Waals surface area contributed by atoms with Crippen molar-refractivity contribution in [3.05, 3.63) is 28.2 Å². The molecule has 0 radical (unpaired) electrons. The number of nitriles is 1. The topological polar surface area (TPSA) is 67.6 Å². The molecule has 5 nitrogen and oxygen atoms in total. The molecule has 0 bridgehead atoms. The van der Waals surface area contributed by atoms with E-state index in [4.69, 9.17) is 10.4 Å². The number of carbonyl (C=O) groups is 1. The van der Waals surface area contributed by atoms with Gasteiger partial charge in [-0.25, -0.2) is 0 Å². The van der Waals surface area contributed by atoms with Crippen LogP contribution in [0.25, 0.3) is 0 Å². The van der Waals surface area contributed by atoms with Crippen molar-refractivity contribution in [1.29, 1.82) is 5.26 Å². The van der Waals surface area contributed by atoms with Crippen molar-refractivity contribution in [3.8, 4) is 6.07 Å². The minimum atomic E-state index is -0.880. The number of benzene rings is 1. The molecule has 0 aliphatic carbocycles. The number of anilines is 1. The highest BCUT2D eigenvalue weighted by Crippen LogP contribution is 2.27. The predicted molar refractivity (Wildman–Crippen MR) is 77.3 cm³/mol. The van der Waals surface area contributed by atoms with Crippen LogP contribution in [0.4, 0.5) is 5.69 Å². The molecule has 19 heavy (non-hydrogen) atoms. The highest BCUT2D eigenvalue weighted by molar-refractivity contribution is 9.10. The van der Waals surface area contributed by atoms with E-state index in [1.807, 2.05) is 19.0 Å². The summed E-state index contributed by atoms with van der Waals surface area (Å²) >= 11 is 3.39. The summed E-state index contributed by atoms with van der Waals surface area (Å²) in [6.45, 7) is 1.28. The summed E-state index contributed by atoms with van der Waals surface area (Å²) < 4.78 is 0.728. The average Bonchev–Trinajstić information content (AvgIpc) is 2.34. The smallest absolute Gasteiger partial charge is 0.323 e. The molecule has 0 spiro atoms. The summed E-state index contributed by atoms with van der Waals surface area (Å²) in [5.74, 6) is -0.880. The standard InChI is InChI=1S/C13H16BrN3O2/c1-16(2)5-6-17(9-13(18)19)12-4-3-10(8-15)7-11(12)14/h3-4,7H,5-6,9H2,1-2H3,(H,18,19). The van der Waals surface area contributed by atoms with Gasteiger partial charge in [-0.3, -0.25) is 4.79 Å². The van der Waals surface area contributed by atoms with Gasteiger partial charge >= 0.3 is 5.97 Å². The minimum Gasteiger partial charge on any atom is -0.480 e. The molecular formula is C13H16BrN3O2. The van der Waals surface area contributed by atoms with Gasteiger partial charge in [0, 0.05) is 17.6 Å². The highest BCUT2D eigenvalue weighted by Gasteiger charge is 2.14. The number of hydrogen-bond acceptors (Lipinski definition) is 4. The Morgan fingerprint density at radius 2 is 2.11 bits per heavy atom. The van der Waals surface area contributed by atoms with Crippen LogP contribution in [0.5, 0.6) is 0 Å². The van der Waals surface area contributed by atoms with E-state index >= 15 is 0 Å². The molecule has 6 heteroatoms. The van der Waals surface area contributed by atoms with Gasteiger partial charge in [-0.05, 0) is 48.2 Å². The second-order valence-electron chi connectivity index (χ2n) is 4.40. The van der Waals surface area contributed by atoms with Crippen LogP contribution in [0.15, 0.2) is 22.7 Å². The molecule has 1 aromatic rings. The Bertz CT molecular complexity index is 497. The van der Waals surface area contributed by atoms with E-state index in [1.54, 1.807) is 23.1 Å². The fraction of sp³-hybridized carbons (Fsp3) is 0.385. The first-order chi connectivity index (χ1) is 8.93. The van der Waals surface area contributed by atoms with Gasteiger partial charge in [0.25, 0.3) is 0 Å². The number of nitrogens with zero attached hydrogens (tertiary/aromatic N) is 3. The van der Waals surface area contributed by atoms with Crippen molar-refractivity contribution < 1.29 is 9.90 Å². The molecule has 0 saturated heterocycles. The Balaban J connectivity index is 2.96. The molecule has 102 valence electrons. The Labute approximate surface area is 121 Å². The molecule has 0 aromatic heterocycles. The highest BCUT2D eigenvalue weighted by atomic mass is 79.9. The number of carboxylic acids is 1. The van der Waals surface area contributed by atoms with E-state index in [-0.39, 0.29) is 6.54 Å². The van der Waals surface area contributed by atoms with Crippen molar-refractivity contribution in [2.45, 2.75) is 0 Å². The molecule has 0 heterocycles. The molecule has 0 unspecified atom stereocenters. The van der Waals surface area contributed by atoms with E-state index in [1.165, 1.54) is 0 Å². The van der Waals surface area contributed by atoms with Crippen LogP contribution in [0.1, 0.15) is 5.56 Å². The summed E-state index contributed by atoms with van der Waals surface area (Å²) in [7, 11) is 3.87. The molecule has 1 aromatic carbocycles. The molecule has 0 aliphatic heterocycles. The lowest BCUT2D eigenvalue weighted by atomic mass is 10.2. The van der Waals surface area contributed by atoms with E-state index in [2.05, 4.69) is 22.0 Å². The van der Waals surface area contributed by atoms with Crippen molar-refractivity contribution in [2.75, 3.05) is 38.6 Å². The van der Waals surface area contributed by atoms with Crippen LogP contribution in [0.3, 0.4) is 0 Å². The molecule has 0 aliphatic rings. The Morgan fingerprint density at radius 1 is 1.42 bits per heavy atom. The van der Waals surface area contributed by atoms with E-state index in [0.717, 1.165) is 16.7 Å². The van der Waals surface area contributed by atoms with E-state index in [0.29, 0.717) is 12.1 Å². The van der Waals surface area contributed by atoms with Gasteiger partial charge in [0.05, 0.1) is 17.3 Å². The third kappa shape index (κ3) is 4.89. The predicted octanol–water partition coefficient (Wildman–Crippen LogP) is 1.77. The van der Waals surface area contributed by atoms with Crippen LogP contribution in [-0.2, 0) is 4.79 Å². The summed E-state index contributed by atoms with van der Waals surface area (Å²) in [4.78, 5) is 14.7. The van der Waals surface area contributed by atoms with Crippen LogP contribution >= 0.6 is 15.9 Å². The van der Waals surface area contributed by atoms with Crippen molar-refractivity contribution >= 4 is 27.6 Å². The van der Waals surface area contributed by atoms with Gasteiger partial charge in [-0.15, -0.1) is 0 Å². The molecule has 1 N–H and O–H groups in total. The van der Waals surface area contributed by atoms with Crippen LogP contribution in [0.2, 0.25) is 0 Å². The molecule has 1 rings (SSSR count). The van der Waals surface area contributed by atoms with Crippen LogP contribution in [0, 0.1) is 11.3 Å². The first kappa shape index (κ1) is 15.5. The van der Waals surface area contributed by atoms with Crippen LogP contribution < -0.4 is 4.90 Å². The first-order valence-electron chi connectivity index (χ1n) is 5.75. The lowest BCUT2D eigenvalue weighted by Crippen LogP contribution is -2.35. The maximum Gasteiger partial charge on any atom is 0.323 e. The number of halogens is 1. The SMILES string of the molecule is CN(C)CCN(CC(=O)O)c1ccc(C#N)cc1Br. The van der Waals surface area contributed by atoms with Crippen LogP contribution in [-0.4, -0.2) is 49.7 Å². The Morgan fingerprint density at radius 3 is 2.58 bits per heavy atom. The van der Waals surface area contributed by atoms with Crippen molar-refractivity contribution in [2.24, 2.45) is 0 Å². The zero-order valence-electron chi connectivity index (χ0n) is 10.9. The lowest BCUT2D eigenvalue weighted by molar-refractivity contribution is -0.135. The third-order valence-corrected chi connectivity index (χ3v) is 3.20. The molecular weight excluding hydrogens is 310 g/mol. The number of aliphatic carboxylic acids is 1. The van der Waals surface area contributed by atoms with Gasteiger partial charge in [0.15, 0.2) is 0 Å². The summed E-state index contributed by atoms with van der Waals surface area (Å²) in [5.41, 5.74) is 1.32. The molecule has 0 amide bonds.